The van der Waals surface area contributed by atoms with Crippen molar-refractivity contribution in [3.05, 3.63) is 94.8 Å². The van der Waals surface area contributed by atoms with Crippen LogP contribution in [-0.2, 0) is 26.2 Å². The summed E-state index contributed by atoms with van der Waals surface area (Å²) in [6.07, 6.45) is 0.307. The van der Waals surface area contributed by atoms with Gasteiger partial charge < -0.3 is 10.2 Å². The molecule has 7 nitrogen and oxygen atoms in total. The molecule has 0 fully saturated rings. The number of sulfonamides is 1. The van der Waals surface area contributed by atoms with Crippen LogP contribution in [0.15, 0.2) is 71.6 Å². The Morgan fingerprint density at radius 2 is 1.55 bits per heavy atom. The first kappa shape index (κ1) is 28.8. The van der Waals surface area contributed by atoms with Crippen LogP contribution in [0.4, 0.5) is 10.1 Å². The smallest absolute Gasteiger partial charge is 0.264 e. The Hall–Kier alpha value is -3.72. The number of amides is 2. The zero-order chi connectivity index (χ0) is 28.0. The molecule has 0 saturated heterocycles. The van der Waals surface area contributed by atoms with Gasteiger partial charge in [-0.25, -0.2) is 12.8 Å². The number of nitrogens with one attached hydrogen (secondary N) is 1. The first-order valence-corrected chi connectivity index (χ1v) is 13.8. The lowest BCUT2D eigenvalue weighted by molar-refractivity contribution is -0.140. The SMILES string of the molecule is CC[C@@H](C(=O)NC)N(Cc1ccc(F)cc1)C(=O)CN(c1ccc(C)c(C)c1)S(=O)(=O)c1ccc(C)cc1. The van der Waals surface area contributed by atoms with Crippen LogP contribution in [-0.4, -0.2) is 44.8 Å². The molecule has 38 heavy (non-hydrogen) atoms. The molecule has 202 valence electrons. The predicted molar refractivity (Wildman–Crippen MR) is 147 cm³/mol. The monoisotopic (exact) mass is 539 g/mol. The number of rotatable bonds is 10. The van der Waals surface area contributed by atoms with Crippen molar-refractivity contribution in [3.63, 3.8) is 0 Å². The molecule has 0 spiro atoms. The summed E-state index contributed by atoms with van der Waals surface area (Å²) in [5.74, 6) is -1.35. The lowest BCUT2D eigenvalue weighted by Crippen LogP contribution is -2.51. The van der Waals surface area contributed by atoms with E-state index in [1.54, 1.807) is 31.2 Å². The van der Waals surface area contributed by atoms with Gasteiger partial charge in [-0.15, -0.1) is 0 Å². The normalized spacial score (nSPS) is 12.1. The van der Waals surface area contributed by atoms with E-state index >= 15 is 0 Å². The fraction of sp³-hybridized carbons (Fsp3) is 0.310. The van der Waals surface area contributed by atoms with Crippen molar-refractivity contribution >= 4 is 27.5 Å². The molecule has 1 N–H and O–H groups in total. The maximum Gasteiger partial charge on any atom is 0.264 e. The van der Waals surface area contributed by atoms with Crippen LogP contribution < -0.4 is 9.62 Å². The lowest BCUT2D eigenvalue weighted by atomic mass is 10.1. The highest BCUT2D eigenvalue weighted by molar-refractivity contribution is 7.92. The summed E-state index contributed by atoms with van der Waals surface area (Å²) in [6.45, 7) is 6.91. The summed E-state index contributed by atoms with van der Waals surface area (Å²) in [5, 5.41) is 2.58. The molecule has 1 atom stereocenters. The van der Waals surface area contributed by atoms with Gasteiger partial charge in [0.25, 0.3) is 10.0 Å². The Bertz CT molecular complexity index is 1390. The van der Waals surface area contributed by atoms with E-state index in [1.807, 2.05) is 26.8 Å². The molecule has 0 aliphatic rings. The topological polar surface area (TPSA) is 86.8 Å². The molecule has 0 saturated carbocycles. The number of aryl methyl sites for hydroxylation is 3. The molecule has 0 aliphatic heterocycles. The standard InChI is InChI=1S/C29H34FN3O4S/c1-6-27(29(35)31-5)32(18-23-10-12-24(30)13-11-23)28(34)19-33(25-14-9-21(3)22(4)17-25)38(36,37)26-15-7-20(2)8-16-26/h7-17,27H,6,18-19H2,1-5H3,(H,31,35)/t27-/m0/s1. The molecule has 9 heteroatoms. The molecule has 3 aromatic rings. The van der Waals surface area contributed by atoms with Crippen molar-refractivity contribution in [3.8, 4) is 0 Å². The second kappa shape index (κ2) is 12.2. The van der Waals surface area contributed by atoms with Gasteiger partial charge in [-0.3, -0.25) is 13.9 Å². The predicted octanol–water partition coefficient (Wildman–Crippen LogP) is 4.50. The average Bonchev–Trinajstić information content (AvgIpc) is 2.89. The van der Waals surface area contributed by atoms with E-state index in [4.69, 9.17) is 0 Å². The summed E-state index contributed by atoms with van der Waals surface area (Å²) >= 11 is 0. The second-order valence-electron chi connectivity index (χ2n) is 9.28. The van der Waals surface area contributed by atoms with Crippen LogP contribution in [0.1, 0.15) is 35.6 Å². The zero-order valence-electron chi connectivity index (χ0n) is 22.4. The van der Waals surface area contributed by atoms with Gasteiger partial charge in [0.2, 0.25) is 11.8 Å². The molecule has 0 bridgehead atoms. The summed E-state index contributed by atoms with van der Waals surface area (Å²) in [7, 11) is -2.65. The summed E-state index contributed by atoms with van der Waals surface area (Å²) in [5.41, 5.74) is 3.72. The van der Waals surface area contributed by atoms with E-state index in [1.165, 1.54) is 48.3 Å². The maximum atomic E-state index is 13.9. The third kappa shape index (κ3) is 6.58. The van der Waals surface area contributed by atoms with Gasteiger partial charge >= 0.3 is 0 Å². The molecule has 0 radical (unpaired) electrons. The van der Waals surface area contributed by atoms with E-state index < -0.39 is 34.3 Å². The van der Waals surface area contributed by atoms with Crippen LogP contribution >= 0.6 is 0 Å². The lowest BCUT2D eigenvalue weighted by Gasteiger charge is -2.33. The number of carbonyl (C=O) groups excluding carboxylic acids is 2. The first-order valence-electron chi connectivity index (χ1n) is 12.4. The zero-order valence-corrected chi connectivity index (χ0v) is 23.2. The van der Waals surface area contributed by atoms with E-state index in [0.717, 1.165) is 21.0 Å². The van der Waals surface area contributed by atoms with E-state index in [-0.39, 0.29) is 17.3 Å². The number of halogens is 1. The second-order valence-corrected chi connectivity index (χ2v) is 11.1. The quantitative estimate of drug-likeness (QED) is 0.411. The average molecular weight is 540 g/mol. The van der Waals surface area contributed by atoms with Crippen LogP contribution in [0, 0.1) is 26.6 Å². The minimum atomic E-state index is -4.13. The molecular formula is C29H34FN3O4S. The minimum Gasteiger partial charge on any atom is -0.357 e. The molecule has 0 aliphatic carbocycles. The molecule has 3 rings (SSSR count). The fourth-order valence-electron chi connectivity index (χ4n) is 4.12. The Balaban J connectivity index is 2.08. The molecule has 0 heterocycles. The summed E-state index contributed by atoms with van der Waals surface area (Å²) < 4.78 is 42.3. The number of carbonyl (C=O) groups is 2. The summed E-state index contributed by atoms with van der Waals surface area (Å²) in [4.78, 5) is 28.0. The minimum absolute atomic E-state index is 0.0103. The van der Waals surface area contributed by atoms with Crippen molar-refractivity contribution < 1.29 is 22.4 Å². The third-order valence-electron chi connectivity index (χ3n) is 6.56. The maximum absolute atomic E-state index is 13.9. The molecular weight excluding hydrogens is 505 g/mol. The van der Waals surface area contributed by atoms with Crippen LogP contribution in [0.25, 0.3) is 0 Å². The van der Waals surface area contributed by atoms with E-state index in [0.29, 0.717) is 17.7 Å². The molecule has 0 aromatic heterocycles. The van der Waals surface area contributed by atoms with Gasteiger partial charge in [0, 0.05) is 13.6 Å². The van der Waals surface area contributed by atoms with Gasteiger partial charge in [0.15, 0.2) is 0 Å². The molecule has 2 amide bonds. The fourth-order valence-corrected chi connectivity index (χ4v) is 5.53. The Labute approximate surface area is 224 Å². The Morgan fingerprint density at radius 1 is 0.921 bits per heavy atom. The van der Waals surface area contributed by atoms with Crippen molar-refractivity contribution in [2.24, 2.45) is 0 Å². The van der Waals surface area contributed by atoms with Gasteiger partial charge in [-0.1, -0.05) is 42.8 Å². The number of hydrogen-bond acceptors (Lipinski definition) is 4. The Kier molecular flexibility index (Phi) is 9.27. The van der Waals surface area contributed by atoms with E-state index in [9.17, 15) is 22.4 Å². The van der Waals surface area contributed by atoms with Gasteiger partial charge in [-0.2, -0.15) is 0 Å². The number of anilines is 1. The van der Waals surface area contributed by atoms with E-state index in [2.05, 4.69) is 5.32 Å². The number of nitrogens with zero attached hydrogens (tertiary/aromatic N) is 2. The molecule has 3 aromatic carbocycles. The van der Waals surface area contributed by atoms with Gasteiger partial charge in [-0.05, 0) is 80.3 Å². The van der Waals surface area contributed by atoms with Crippen LogP contribution in [0.3, 0.4) is 0 Å². The number of benzene rings is 3. The van der Waals surface area contributed by atoms with Crippen molar-refractivity contribution in [2.45, 2.75) is 51.6 Å². The van der Waals surface area contributed by atoms with Crippen LogP contribution in [0.5, 0.6) is 0 Å². The third-order valence-corrected chi connectivity index (χ3v) is 8.35. The number of hydrogen-bond donors (Lipinski definition) is 1. The largest absolute Gasteiger partial charge is 0.357 e. The van der Waals surface area contributed by atoms with Gasteiger partial charge in [0.05, 0.1) is 10.6 Å². The van der Waals surface area contributed by atoms with Crippen LogP contribution in [0.2, 0.25) is 0 Å². The van der Waals surface area contributed by atoms with Gasteiger partial charge in [0.1, 0.15) is 18.4 Å². The molecule has 0 unspecified atom stereocenters. The first-order chi connectivity index (χ1) is 18.0. The highest BCUT2D eigenvalue weighted by Crippen LogP contribution is 2.27. The van der Waals surface area contributed by atoms with Crippen molar-refractivity contribution in [1.29, 1.82) is 0 Å². The number of likely N-dealkylation sites (N-methyl/N-ethyl adjacent to an activating group) is 1. The van der Waals surface area contributed by atoms with Crippen molar-refractivity contribution in [2.75, 3.05) is 17.9 Å². The Morgan fingerprint density at radius 3 is 2.11 bits per heavy atom. The summed E-state index contributed by atoms with van der Waals surface area (Å²) in [6, 6.07) is 16.4. The van der Waals surface area contributed by atoms with Crippen molar-refractivity contribution in [1.82, 2.24) is 10.2 Å². The highest BCUT2D eigenvalue weighted by Gasteiger charge is 2.33. The highest BCUT2D eigenvalue weighted by atomic mass is 32.2.